The van der Waals surface area contributed by atoms with Crippen molar-refractivity contribution < 1.29 is 0 Å². The summed E-state index contributed by atoms with van der Waals surface area (Å²) in [5, 5.41) is 0. The van der Waals surface area contributed by atoms with Crippen LogP contribution in [0.15, 0.2) is 91.0 Å². The predicted molar refractivity (Wildman–Crippen MR) is 109 cm³/mol. The summed E-state index contributed by atoms with van der Waals surface area (Å²) in [4.78, 5) is 2.72. The Morgan fingerprint density at radius 1 is 0.731 bits per heavy atom. The quantitative estimate of drug-likeness (QED) is 0.563. The third-order valence-corrected chi connectivity index (χ3v) is 5.90. The first-order valence-electron chi connectivity index (χ1n) is 9.72. The Hall–Kier alpha value is -2.38. The summed E-state index contributed by atoms with van der Waals surface area (Å²) >= 11 is 0. The van der Waals surface area contributed by atoms with E-state index in [-0.39, 0.29) is 0 Å². The third kappa shape index (κ3) is 3.59. The molecule has 1 aliphatic rings. The van der Waals surface area contributed by atoms with E-state index in [1.54, 1.807) is 0 Å². The summed E-state index contributed by atoms with van der Waals surface area (Å²) in [6.07, 6.45) is 2.31. The molecular formula is C25H27N. The number of nitrogens with zero attached hydrogens (tertiary/aromatic N) is 1. The minimum atomic E-state index is 0.500. The molecule has 26 heavy (non-hydrogen) atoms. The van der Waals surface area contributed by atoms with Crippen molar-refractivity contribution in [3.63, 3.8) is 0 Å². The smallest absolute Gasteiger partial charge is 0.0357 e. The van der Waals surface area contributed by atoms with Crippen LogP contribution in [0.25, 0.3) is 0 Å². The van der Waals surface area contributed by atoms with Crippen LogP contribution in [0.1, 0.15) is 42.0 Å². The second-order valence-electron chi connectivity index (χ2n) is 7.39. The first kappa shape index (κ1) is 17.1. The lowest BCUT2D eigenvalue weighted by molar-refractivity contribution is 0.203. The Balaban J connectivity index is 1.59. The maximum absolute atomic E-state index is 2.72. The highest BCUT2D eigenvalue weighted by atomic mass is 15.2. The van der Waals surface area contributed by atoms with Crippen LogP contribution in [0.3, 0.4) is 0 Å². The van der Waals surface area contributed by atoms with Crippen molar-refractivity contribution in [1.29, 1.82) is 0 Å². The molecule has 4 rings (SSSR count). The van der Waals surface area contributed by atoms with Gasteiger partial charge in [-0.25, -0.2) is 0 Å². The molecule has 1 fully saturated rings. The van der Waals surface area contributed by atoms with E-state index in [0.29, 0.717) is 18.0 Å². The lowest BCUT2D eigenvalue weighted by atomic mass is 9.90. The van der Waals surface area contributed by atoms with E-state index in [4.69, 9.17) is 0 Å². The third-order valence-electron chi connectivity index (χ3n) is 5.90. The van der Waals surface area contributed by atoms with Gasteiger partial charge in [-0.3, -0.25) is 4.90 Å². The van der Waals surface area contributed by atoms with Crippen LogP contribution in [0.2, 0.25) is 0 Å². The van der Waals surface area contributed by atoms with Crippen molar-refractivity contribution >= 4 is 0 Å². The second-order valence-corrected chi connectivity index (χ2v) is 7.39. The van der Waals surface area contributed by atoms with E-state index in [1.165, 1.54) is 23.1 Å². The number of hydrogen-bond acceptors (Lipinski definition) is 1. The van der Waals surface area contributed by atoms with Gasteiger partial charge in [0, 0.05) is 24.5 Å². The predicted octanol–water partition coefficient (Wildman–Crippen LogP) is 5.85. The first-order chi connectivity index (χ1) is 12.8. The first-order valence-corrected chi connectivity index (χ1v) is 9.72. The van der Waals surface area contributed by atoms with Crippen molar-refractivity contribution in [3.8, 4) is 0 Å². The van der Waals surface area contributed by atoms with Gasteiger partial charge in [0.1, 0.15) is 0 Å². The molecule has 1 nitrogen and oxygen atoms in total. The minimum absolute atomic E-state index is 0.500. The van der Waals surface area contributed by atoms with Gasteiger partial charge in [-0.2, -0.15) is 0 Å². The highest BCUT2D eigenvalue weighted by Gasteiger charge is 2.39. The molecule has 3 atom stereocenters. The molecule has 0 saturated carbocycles. The summed E-state index contributed by atoms with van der Waals surface area (Å²) in [7, 11) is 0. The van der Waals surface area contributed by atoms with E-state index < -0.39 is 0 Å². The zero-order chi connectivity index (χ0) is 17.8. The topological polar surface area (TPSA) is 3.24 Å². The van der Waals surface area contributed by atoms with Crippen LogP contribution in [-0.2, 0) is 6.42 Å². The molecule has 0 radical (unpaired) electrons. The average molecular weight is 341 g/mol. The minimum Gasteiger partial charge on any atom is -0.293 e. The summed E-state index contributed by atoms with van der Waals surface area (Å²) in [6, 6.07) is 34.0. The van der Waals surface area contributed by atoms with Crippen molar-refractivity contribution in [2.75, 3.05) is 6.54 Å². The maximum atomic E-state index is 2.72. The highest BCUT2D eigenvalue weighted by molar-refractivity contribution is 5.28. The van der Waals surface area contributed by atoms with Gasteiger partial charge in [-0.1, -0.05) is 91.0 Å². The molecule has 0 bridgehead atoms. The molecule has 0 amide bonds. The van der Waals surface area contributed by atoms with Gasteiger partial charge in [-0.05, 0) is 36.5 Å². The van der Waals surface area contributed by atoms with Crippen LogP contribution in [0, 0.1) is 0 Å². The van der Waals surface area contributed by atoms with Crippen LogP contribution in [0.5, 0.6) is 0 Å². The number of benzene rings is 3. The van der Waals surface area contributed by atoms with Gasteiger partial charge in [0.05, 0.1) is 0 Å². The lowest BCUT2D eigenvalue weighted by Gasteiger charge is -2.29. The molecule has 1 heteroatoms. The summed E-state index contributed by atoms with van der Waals surface area (Å²) in [6.45, 7) is 3.51. The molecule has 3 aromatic carbocycles. The summed E-state index contributed by atoms with van der Waals surface area (Å²) < 4.78 is 0. The van der Waals surface area contributed by atoms with Crippen molar-refractivity contribution in [2.24, 2.45) is 0 Å². The molecule has 1 saturated heterocycles. The van der Waals surface area contributed by atoms with E-state index in [0.717, 1.165) is 13.0 Å². The van der Waals surface area contributed by atoms with E-state index in [1.807, 2.05) is 0 Å². The molecule has 132 valence electrons. The number of rotatable bonds is 5. The molecular weight excluding hydrogens is 314 g/mol. The fraction of sp³-hybridized carbons (Fsp3) is 0.280. The zero-order valence-electron chi connectivity index (χ0n) is 15.5. The van der Waals surface area contributed by atoms with Crippen LogP contribution in [-0.4, -0.2) is 17.5 Å². The Labute approximate surface area is 157 Å². The summed E-state index contributed by atoms with van der Waals surface area (Å²) in [5.41, 5.74) is 4.35. The largest absolute Gasteiger partial charge is 0.293 e. The van der Waals surface area contributed by atoms with Crippen LogP contribution in [0.4, 0.5) is 0 Å². The molecule has 0 aliphatic carbocycles. The molecule has 1 heterocycles. The molecule has 0 aromatic heterocycles. The normalized spacial score (nSPS) is 23.2. The summed E-state index contributed by atoms with van der Waals surface area (Å²) in [5.74, 6) is 0.595. The van der Waals surface area contributed by atoms with Crippen molar-refractivity contribution in [3.05, 3.63) is 108 Å². The maximum Gasteiger partial charge on any atom is 0.0357 e. The van der Waals surface area contributed by atoms with Crippen molar-refractivity contribution in [2.45, 2.75) is 37.8 Å². The highest BCUT2D eigenvalue weighted by Crippen LogP contribution is 2.44. The Bertz CT molecular complexity index is 797. The van der Waals surface area contributed by atoms with Gasteiger partial charge in [0.25, 0.3) is 0 Å². The SMILES string of the molecule is CC1C(c2ccccc2)CC(c2ccccc2)N1CCc1ccccc1. The molecule has 3 aromatic rings. The fourth-order valence-corrected chi connectivity index (χ4v) is 4.47. The van der Waals surface area contributed by atoms with E-state index >= 15 is 0 Å². The molecule has 0 spiro atoms. The van der Waals surface area contributed by atoms with Gasteiger partial charge < -0.3 is 0 Å². The van der Waals surface area contributed by atoms with Crippen molar-refractivity contribution in [1.82, 2.24) is 4.90 Å². The van der Waals surface area contributed by atoms with Gasteiger partial charge >= 0.3 is 0 Å². The molecule has 3 unspecified atom stereocenters. The van der Waals surface area contributed by atoms with Crippen LogP contribution >= 0.6 is 0 Å². The molecule has 1 aliphatic heterocycles. The number of hydrogen-bond donors (Lipinski definition) is 0. The second kappa shape index (κ2) is 7.88. The van der Waals surface area contributed by atoms with Gasteiger partial charge in [-0.15, -0.1) is 0 Å². The number of likely N-dealkylation sites (tertiary alicyclic amines) is 1. The zero-order valence-corrected chi connectivity index (χ0v) is 15.5. The Morgan fingerprint density at radius 2 is 1.27 bits per heavy atom. The average Bonchev–Trinajstić information content (AvgIpc) is 3.05. The Morgan fingerprint density at radius 3 is 1.88 bits per heavy atom. The Kier molecular flexibility index (Phi) is 5.17. The lowest BCUT2D eigenvalue weighted by Crippen LogP contribution is -2.33. The molecule has 0 N–H and O–H groups in total. The van der Waals surface area contributed by atoms with E-state index in [9.17, 15) is 0 Å². The van der Waals surface area contributed by atoms with Gasteiger partial charge in [0.2, 0.25) is 0 Å². The van der Waals surface area contributed by atoms with E-state index in [2.05, 4.69) is 103 Å². The standard InChI is InChI=1S/C25H27N/c1-20-24(22-13-7-3-8-14-22)19-25(23-15-9-4-10-16-23)26(20)18-17-21-11-5-2-6-12-21/h2-16,20,24-25H,17-19H2,1H3. The fourth-order valence-electron chi connectivity index (χ4n) is 4.47. The van der Waals surface area contributed by atoms with Gasteiger partial charge in [0.15, 0.2) is 0 Å². The van der Waals surface area contributed by atoms with Crippen LogP contribution < -0.4 is 0 Å². The monoisotopic (exact) mass is 341 g/mol.